The Hall–Kier alpha value is -2.82. The fourth-order valence-electron chi connectivity index (χ4n) is 1.42. The Morgan fingerprint density at radius 3 is 2.10 bits per heavy atom. The van der Waals surface area contributed by atoms with Gasteiger partial charge in [0.2, 0.25) is 0 Å². The van der Waals surface area contributed by atoms with Crippen LogP contribution >= 0.6 is 0 Å². The highest BCUT2D eigenvalue weighted by atomic mass is 16.5. The van der Waals surface area contributed by atoms with Gasteiger partial charge >= 0.3 is 12.1 Å². The summed E-state index contributed by atoms with van der Waals surface area (Å²) < 4.78 is 4.57. The summed E-state index contributed by atoms with van der Waals surface area (Å²) in [5, 5.41) is 8.48. The predicted molar refractivity (Wildman–Crippen MR) is 79.0 cm³/mol. The number of carboxylic acids is 1. The number of amides is 1. The van der Waals surface area contributed by atoms with Crippen LogP contribution < -0.4 is 5.73 Å². The number of aryl methyl sites for hydroxylation is 1. The van der Waals surface area contributed by atoms with Gasteiger partial charge < -0.3 is 15.6 Å². The third-order valence-electron chi connectivity index (χ3n) is 2.52. The van der Waals surface area contributed by atoms with Gasteiger partial charge in [0.1, 0.15) is 6.61 Å². The standard InChI is InChI=1S/C8H9NO2.C8H8O2/c9-8(10)11-6-7-4-2-1-3-5-7;1-6-2-4-7(5-3-6)8(9)10/h1-5H,6H2,(H2,9,10);2-5H,1H3,(H,9,10). The molecule has 0 heterocycles. The number of ether oxygens (including phenoxy) is 1. The number of primary amides is 1. The molecule has 5 heteroatoms. The molecule has 21 heavy (non-hydrogen) atoms. The fourth-order valence-corrected chi connectivity index (χ4v) is 1.42. The molecule has 0 aromatic heterocycles. The third kappa shape index (κ3) is 6.77. The Labute approximate surface area is 123 Å². The van der Waals surface area contributed by atoms with Gasteiger partial charge in [0.25, 0.3) is 0 Å². The van der Waals surface area contributed by atoms with E-state index in [2.05, 4.69) is 4.74 Å². The van der Waals surface area contributed by atoms with E-state index in [-0.39, 0.29) is 6.61 Å². The second-order valence-electron chi connectivity index (χ2n) is 4.26. The van der Waals surface area contributed by atoms with Gasteiger partial charge in [-0.2, -0.15) is 0 Å². The largest absolute Gasteiger partial charge is 0.478 e. The summed E-state index contributed by atoms with van der Waals surface area (Å²) in [6.45, 7) is 2.17. The minimum absolute atomic E-state index is 0.246. The van der Waals surface area contributed by atoms with Crippen molar-refractivity contribution in [2.24, 2.45) is 5.73 Å². The summed E-state index contributed by atoms with van der Waals surface area (Å²) in [5.41, 5.74) is 7.13. The summed E-state index contributed by atoms with van der Waals surface area (Å²) >= 11 is 0. The smallest absolute Gasteiger partial charge is 0.404 e. The Bertz CT molecular complexity index is 579. The molecule has 0 spiro atoms. The van der Waals surface area contributed by atoms with Crippen molar-refractivity contribution in [2.45, 2.75) is 13.5 Å². The van der Waals surface area contributed by atoms with E-state index < -0.39 is 12.1 Å². The number of carbonyl (C=O) groups excluding carboxylic acids is 1. The van der Waals surface area contributed by atoms with Crippen LogP contribution in [0.25, 0.3) is 0 Å². The van der Waals surface area contributed by atoms with Crippen molar-refractivity contribution >= 4 is 12.1 Å². The van der Waals surface area contributed by atoms with E-state index in [4.69, 9.17) is 10.8 Å². The van der Waals surface area contributed by atoms with Gasteiger partial charge in [-0.15, -0.1) is 0 Å². The van der Waals surface area contributed by atoms with Crippen molar-refractivity contribution in [3.05, 3.63) is 71.3 Å². The zero-order valence-electron chi connectivity index (χ0n) is 11.7. The molecule has 2 aromatic rings. The monoisotopic (exact) mass is 287 g/mol. The second-order valence-corrected chi connectivity index (χ2v) is 4.26. The first kappa shape index (κ1) is 16.2. The number of carboxylic acid groups (broad SMARTS) is 1. The van der Waals surface area contributed by atoms with Crippen LogP contribution in [0.5, 0.6) is 0 Å². The molecule has 0 unspecified atom stereocenters. The summed E-state index contributed by atoms with van der Waals surface area (Å²) in [6.07, 6.45) is -0.742. The number of aromatic carboxylic acids is 1. The van der Waals surface area contributed by atoms with E-state index in [1.54, 1.807) is 24.3 Å². The van der Waals surface area contributed by atoms with Crippen LogP contribution in [0.4, 0.5) is 4.79 Å². The molecule has 0 saturated heterocycles. The molecular weight excluding hydrogens is 270 g/mol. The zero-order valence-corrected chi connectivity index (χ0v) is 11.7. The molecule has 110 valence electrons. The Balaban J connectivity index is 0.000000211. The van der Waals surface area contributed by atoms with E-state index in [1.165, 1.54) is 0 Å². The van der Waals surface area contributed by atoms with Crippen molar-refractivity contribution in [1.82, 2.24) is 0 Å². The Morgan fingerprint density at radius 1 is 1.05 bits per heavy atom. The predicted octanol–water partition coefficient (Wildman–Crippen LogP) is 2.98. The molecule has 0 radical (unpaired) electrons. The van der Waals surface area contributed by atoms with Gasteiger partial charge in [0.05, 0.1) is 5.56 Å². The molecule has 0 saturated carbocycles. The minimum atomic E-state index is -0.875. The third-order valence-corrected chi connectivity index (χ3v) is 2.52. The maximum Gasteiger partial charge on any atom is 0.404 e. The fraction of sp³-hybridized carbons (Fsp3) is 0.125. The lowest BCUT2D eigenvalue weighted by molar-refractivity contribution is 0.0697. The van der Waals surface area contributed by atoms with Crippen LogP contribution in [0.2, 0.25) is 0 Å². The molecule has 0 aliphatic rings. The number of hydrogen-bond donors (Lipinski definition) is 2. The first-order valence-electron chi connectivity index (χ1n) is 6.25. The van der Waals surface area contributed by atoms with Crippen LogP contribution in [0, 0.1) is 6.92 Å². The van der Waals surface area contributed by atoms with Crippen molar-refractivity contribution in [2.75, 3.05) is 0 Å². The quantitative estimate of drug-likeness (QED) is 0.908. The highest BCUT2D eigenvalue weighted by Gasteiger charge is 1.98. The Morgan fingerprint density at radius 2 is 1.62 bits per heavy atom. The second kappa shape index (κ2) is 8.37. The summed E-state index contributed by atoms with van der Waals surface area (Å²) in [6, 6.07) is 16.1. The topological polar surface area (TPSA) is 89.6 Å². The SMILES string of the molecule is Cc1ccc(C(=O)O)cc1.NC(=O)OCc1ccccc1. The molecular formula is C16H17NO4. The lowest BCUT2D eigenvalue weighted by Crippen LogP contribution is -2.12. The van der Waals surface area contributed by atoms with Crippen LogP contribution in [0.1, 0.15) is 21.5 Å². The normalized spacial score (nSPS) is 9.19. The number of nitrogens with two attached hydrogens (primary N) is 1. The van der Waals surface area contributed by atoms with Crippen molar-refractivity contribution < 1.29 is 19.4 Å². The van der Waals surface area contributed by atoms with Crippen molar-refractivity contribution in [3.8, 4) is 0 Å². The van der Waals surface area contributed by atoms with Crippen molar-refractivity contribution in [1.29, 1.82) is 0 Å². The highest BCUT2D eigenvalue weighted by Crippen LogP contribution is 2.02. The first-order valence-corrected chi connectivity index (χ1v) is 6.25. The molecule has 5 nitrogen and oxygen atoms in total. The molecule has 0 aliphatic heterocycles. The lowest BCUT2D eigenvalue weighted by atomic mass is 10.2. The van der Waals surface area contributed by atoms with E-state index in [0.29, 0.717) is 5.56 Å². The Kier molecular flexibility index (Phi) is 6.47. The van der Waals surface area contributed by atoms with E-state index in [1.807, 2.05) is 37.3 Å². The van der Waals surface area contributed by atoms with Crippen LogP contribution in [-0.2, 0) is 11.3 Å². The maximum atomic E-state index is 10.3. The molecule has 0 aliphatic carbocycles. The molecule has 0 fully saturated rings. The summed E-state index contributed by atoms with van der Waals surface area (Å²) in [5.74, 6) is -0.875. The van der Waals surface area contributed by atoms with Crippen LogP contribution in [-0.4, -0.2) is 17.2 Å². The van der Waals surface area contributed by atoms with Gasteiger partial charge in [-0.25, -0.2) is 9.59 Å². The number of benzene rings is 2. The first-order chi connectivity index (χ1) is 9.99. The zero-order chi connectivity index (χ0) is 15.7. The number of carbonyl (C=O) groups is 2. The summed E-state index contributed by atoms with van der Waals surface area (Å²) in [4.78, 5) is 20.5. The van der Waals surface area contributed by atoms with Gasteiger partial charge in [-0.3, -0.25) is 0 Å². The molecule has 0 atom stereocenters. The molecule has 1 amide bonds. The number of rotatable bonds is 3. The van der Waals surface area contributed by atoms with Gasteiger partial charge in [0.15, 0.2) is 0 Å². The highest BCUT2D eigenvalue weighted by molar-refractivity contribution is 5.87. The van der Waals surface area contributed by atoms with Crippen LogP contribution in [0.15, 0.2) is 54.6 Å². The van der Waals surface area contributed by atoms with Gasteiger partial charge in [-0.1, -0.05) is 48.0 Å². The average Bonchev–Trinajstić information content (AvgIpc) is 2.47. The van der Waals surface area contributed by atoms with Crippen molar-refractivity contribution in [3.63, 3.8) is 0 Å². The number of hydrogen-bond acceptors (Lipinski definition) is 3. The maximum absolute atomic E-state index is 10.3. The molecule has 3 N–H and O–H groups in total. The lowest BCUT2D eigenvalue weighted by Gasteiger charge is -1.99. The van der Waals surface area contributed by atoms with Gasteiger partial charge in [0, 0.05) is 0 Å². The van der Waals surface area contributed by atoms with Gasteiger partial charge in [-0.05, 0) is 24.6 Å². The van der Waals surface area contributed by atoms with E-state index in [0.717, 1.165) is 11.1 Å². The molecule has 2 rings (SSSR count). The minimum Gasteiger partial charge on any atom is -0.478 e. The van der Waals surface area contributed by atoms with Crippen LogP contribution in [0.3, 0.4) is 0 Å². The molecule has 2 aromatic carbocycles. The molecule has 0 bridgehead atoms. The van der Waals surface area contributed by atoms with E-state index >= 15 is 0 Å². The summed E-state index contributed by atoms with van der Waals surface area (Å²) in [7, 11) is 0. The average molecular weight is 287 g/mol. The van der Waals surface area contributed by atoms with E-state index in [9.17, 15) is 9.59 Å².